The maximum absolute atomic E-state index is 12.7. The van der Waals surface area contributed by atoms with E-state index in [9.17, 15) is 14.4 Å². The molecule has 3 aliphatic rings. The van der Waals surface area contributed by atoms with Gasteiger partial charge >= 0.3 is 0 Å². The van der Waals surface area contributed by atoms with Gasteiger partial charge in [0.2, 0.25) is 11.8 Å². The molecule has 150 valence electrons. The summed E-state index contributed by atoms with van der Waals surface area (Å²) in [4.78, 5) is 37.8. The van der Waals surface area contributed by atoms with Crippen LogP contribution >= 0.6 is 0 Å². The van der Waals surface area contributed by atoms with Crippen LogP contribution in [-0.2, 0) is 27.4 Å². The summed E-state index contributed by atoms with van der Waals surface area (Å²) < 4.78 is 5.85. The molecular formula is C20H26N4O4. The molecule has 1 aromatic rings. The molecule has 0 aromatic heterocycles. The molecule has 3 amide bonds. The Morgan fingerprint density at radius 3 is 2.79 bits per heavy atom. The van der Waals surface area contributed by atoms with Crippen LogP contribution in [0.1, 0.15) is 41.3 Å². The minimum absolute atomic E-state index is 0.121. The predicted octanol–water partition coefficient (Wildman–Crippen LogP) is -0.0843. The smallest absolute Gasteiger partial charge is 0.255 e. The van der Waals surface area contributed by atoms with Crippen molar-refractivity contribution in [2.75, 3.05) is 26.2 Å². The number of ether oxygens (including phenoxy) is 1. The number of hydrogen-bond acceptors (Lipinski definition) is 6. The van der Waals surface area contributed by atoms with Gasteiger partial charge in [-0.2, -0.15) is 0 Å². The fourth-order valence-corrected chi connectivity index (χ4v) is 4.16. The number of carbonyl (C=O) groups excluding carboxylic acids is 3. The summed E-state index contributed by atoms with van der Waals surface area (Å²) in [6.45, 7) is 6.27. The Kier molecular flexibility index (Phi) is 5.18. The van der Waals surface area contributed by atoms with E-state index in [-0.39, 0.29) is 29.7 Å². The van der Waals surface area contributed by atoms with Crippen LogP contribution in [0.3, 0.4) is 0 Å². The van der Waals surface area contributed by atoms with E-state index in [1.165, 1.54) is 0 Å². The van der Waals surface area contributed by atoms with E-state index in [1.807, 2.05) is 25.1 Å². The van der Waals surface area contributed by atoms with Crippen molar-refractivity contribution in [3.8, 4) is 0 Å². The summed E-state index contributed by atoms with van der Waals surface area (Å²) in [5, 5.41) is 9.04. The molecule has 0 spiro atoms. The standard InChI is InChI=1S/C20H26N4O4/c1-2-28-20(11-22-12-20)10-21-8-13-3-4-15-14(7-13)9-24(19(15)27)16-5-6-17(25)23-18(16)26/h3-4,7,16,21-22H,2,5-6,8-12H2,1H3,(H,23,25,26). The zero-order valence-corrected chi connectivity index (χ0v) is 16.0. The molecule has 1 atom stereocenters. The molecule has 0 saturated carbocycles. The molecule has 0 radical (unpaired) electrons. The molecule has 3 heterocycles. The Morgan fingerprint density at radius 1 is 1.29 bits per heavy atom. The number of benzene rings is 1. The van der Waals surface area contributed by atoms with Gasteiger partial charge < -0.3 is 20.3 Å². The highest BCUT2D eigenvalue weighted by Gasteiger charge is 2.39. The van der Waals surface area contributed by atoms with Gasteiger partial charge in [0.15, 0.2) is 0 Å². The lowest BCUT2D eigenvalue weighted by Gasteiger charge is -2.42. The maximum Gasteiger partial charge on any atom is 0.255 e. The first-order chi connectivity index (χ1) is 13.5. The lowest BCUT2D eigenvalue weighted by atomic mass is 9.96. The second kappa shape index (κ2) is 7.62. The number of carbonyl (C=O) groups is 3. The zero-order chi connectivity index (χ0) is 19.7. The summed E-state index contributed by atoms with van der Waals surface area (Å²) in [5.74, 6) is -0.792. The summed E-state index contributed by atoms with van der Waals surface area (Å²) in [7, 11) is 0. The van der Waals surface area contributed by atoms with Gasteiger partial charge in [0.1, 0.15) is 11.6 Å². The minimum Gasteiger partial charge on any atom is -0.371 e. The molecule has 0 bridgehead atoms. The van der Waals surface area contributed by atoms with Crippen molar-refractivity contribution in [1.29, 1.82) is 0 Å². The number of nitrogens with zero attached hydrogens (tertiary/aromatic N) is 1. The number of amides is 3. The molecule has 8 heteroatoms. The minimum atomic E-state index is -0.573. The normalized spacial score (nSPS) is 23.4. The highest BCUT2D eigenvalue weighted by molar-refractivity contribution is 6.05. The van der Waals surface area contributed by atoms with Gasteiger partial charge in [-0.25, -0.2) is 0 Å². The van der Waals surface area contributed by atoms with Crippen LogP contribution in [0.15, 0.2) is 18.2 Å². The van der Waals surface area contributed by atoms with E-state index < -0.39 is 6.04 Å². The lowest BCUT2D eigenvalue weighted by Crippen LogP contribution is -2.65. The first kappa shape index (κ1) is 19.0. The quantitative estimate of drug-likeness (QED) is 0.567. The topological polar surface area (TPSA) is 99.8 Å². The van der Waals surface area contributed by atoms with E-state index in [2.05, 4.69) is 16.0 Å². The van der Waals surface area contributed by atoms with Crippen LogP contribution in [0.2, 0.25) is 0 Å². The SMILES string of the molecule is CCOC1(CNCc2ccc3c(c2)CN(C2CCC(=O)NC2=O)C3=O)CNC1. The molecule has 2 fully saturated rings. The molecule has 28 heavy (non-hydrogen) atoms. The van der Waals surface area contributed by atoms with Crippen molar-refractivity contribution in [3.63, 3.8) is 0 Å². The number of fused-ring (bicyclic) bond motifs is 1. The summed E-state index contributed by atoms with van der Waals surface area (Å²) >= 11 is 0. The fourth-order valence-electron chi connectivity index (χ4n) is 4.16. The summed E-state index contributed by atoms with van der Waals surface area (Å²) in [5.41, 5.74) is 2.54. The predicted molar refractivity (Wildman–Crippen MR) is 101 cm³/mol. The average molecular weight is 386 g/mol. The molecule has 3 aliphatic heterocycles. The average Bonchev–Trinajstić information content (AvgIpc) is 2.95. The van der Waals surface area contributed by atoms with Crippen molar-refractivity contribution >= 4 is 17.7 Å². The van der Waals surface area contributed by atoms with E-state index in [0.29, 0.717) is 31.7 Å². The van der Waals surface area contributed by atoms with Gasteiger partial charge in [-0.1, -0.05) is 12.1 Å². The number of hydrogen-bond donors (Lipinski definition) is 3. The van der Waals surface area contributed by atoms with Crippen LogP contribution in [0.25, 0.3) is 0 Å². The second-order valence-corrected chi connectivity index (χ2v) is 7.71. The van der Waals surface area contributed by atoms with Gasteiger partial charge in [0, 0.05) is 51.3 Å². The Hall–Kier alpha value is -2.29. The third-order valence-corrected chi connectivity index (χ3v) is 5.71. The molecule has 3 N–H and O–H groups in total. The Bertz CT molecular complexity index is 805. The van der Waals surface area contributed by atoms with Gasteiger partial charge in [0.05, 0.1) is 0 Å². The van der Waals surface area contributed by atoms with E-state index >= 15 is 0 Å². The molecule has 2 saturated heterocycles. The van der Waals surface area contributed by atoms with Gasteiger partial charge in [0.25, 0.3) is 5.91 Å². The first-order valence-corrected chi connectivity index (χ1v) is 9.83. The molecule has 4 rings (SSSR count). The van der Waals surface area contributed by atoms with Crippen LogP contribution in [0.5, 0.6) is 0 Å². The van der Waals surface area contributed by atoms with Crippen molar-refractivity contribution in [3.05, 3.63) is 34.9 Å². The number of rotatable bonds is 7. The number of nitrogens with one attached hydrogen (secondary N) is 3. The van der Waals surface area contributed by atoms with Crippen molar-refractivity contribution in [1.82, 2.24) is 20.9 Å². The molecule has 1 unspecified atom stereocenters. The summed E-state index contributed by atoms with van der Waals surface area (Å²) in [6.07, 6.45) is 0.647. The first-order valence-electron chi connectivity index (χ1n) is 9.83. The highest BCUT2D eigenvalue weighted by atomic mass is 16.5. The van der Waals surface area contributed by atoms with Gasteiger partial charge in [-0.15, -0.1) is 0 Å². The van der Waals surface area contributed by atoms with Crippen LogP contribution in [-0.4, -0.2) is 60.5 Å². The van der Waals surface area contributed by atoms with Gasteiger partial charge in [-0.05, 0) is 30.5 Å². The fraction of sp³-hybridized carbons (Fsp3) is 0.550. The number of imide groups is 1. The Labute approximate surface area is 164 Å². The highest BCUT2D eigenvalue weighted by Crippen LogP contribution is 2.28. The Morgan fingerprint density at radius 2 is 2.11 bits per heavy atom. The van der Waals surface area contributed by atoms with Crippen LogP contribution in [0, 0.1) is 0 Å². The second-order valence-electron chi connectivity index (χ2n) is 7.71. The zero-order valence-electron chi connectivity index (χ0n) is 16.0. The van der Waals surface area contributed by atoms with Crippen molar-refractivity contribution in [2.24, 2.45) is 0 Å². The summed E-state index contributed by atoms with van der Waals surface area (Å²) in [6, 6.07) is 5.24. The van der Waals surface area contributed by atoms with E-state index in [1.54, 1.807) is 4.90 Å². The maximum atomic E-state index is 12.7. The van der Waals surface area contributed by atoms with E-state index in [0.717, 1.165) is 30.8 Å². The third kappa shape index (κ3) is 3.55. The molecular weight excluding hydrogens is 360 g/mol. The van der Waals surface area contributed by atoms with Gasteiger partial charge in [-0.3, -0.25) is 19.7 Å². The van der Waals surface area contributed by atoms with Crippen molar-refractivity contribution < 1.29 is 19.1 Å². The molecule has 0 aliphatic carbocycles. The molecule has 8 nitrogen and oxygen atoms in total. The van der Waals surface area contributed by atoms with E-state index in [4.69, 9.17) is 4.74 Å². The van der Waals surface area contributed by atoms with Crippen LogP contribution in [0.4, 0.5) is 0 Å². The monoisotopic (exact) mass is 386 g/mol. The molecule has 1 aromatic carbocycles. The number of piperidine rings is 1. The Balaban J connectivity index is 1.38. The van der Waals surface area contributed by atoms with Crippen LogP contribution < -0.4 is 16.0 Å². The third-order valence-electron chi connectivity index (χ3n) is 5.71. The largest absolute Gasteiger partial charge is 0.371 e. The lowest BCUT2D eigenvalue weighted by molar-refractivity contribution is -0.136. The van der Waals surface area contributed by atoms with Crippen molar-refractivity contribution in [2.45, 2.75) is 44.5 Å².